The first-order valence-electron chi connectivity index (χ1n) is 10.7. The van der Waals surface area contributed by atoms with E-state index < -0.39 is 10.0 Å². The fourth-order valence-corrected chi connectivity index (χ4v) is 4.02. The monoisotopic (exact) mass is 487 g/mol. The summed E-state index contributed by atoms with van der Waals surface area (Å²) < 4.78 is 30.9. The van der Waals surface area contributed by atoms with Crippen LogP contribution in [0.5, 0.6) is 11.5 Å². The maximum atomic E-state index is 11.3. The van der Waals surface area contributed by atoms with Crippen LogP contribution >= 0.6 is 0 Å². The number of rotatable bonds is 8. The first-order chi connectivity index (χ1) is 16.7. The summed E-state index contributed by atoms with van der Waals surface area (Å²) in [5, 5.41) is 8.14. The van der Waals surface area contributed by atoms with E-state index in [-0.39, 0.29) is 12.4 Å². The van der Waals surface area contributed by atoms with Crippen LogP contribution in [-0.4, -0.2) is 25.5 Å². The zero-order valence-corrected chi connectivity index (χ0v) is 19.8. The largest absolute Gasteiger partial charge is 0.457 e. The lowest BCUT2D eigenvalue weighted by atomic mass is 9.96. The third-order valence-corrected chi connectivity index (χ3v) is 5.96. The van der Waals surface area contributed by atoms with Crippen LogP contribution in [0.4, 0.5) is 5.69 Å². The molecule has 0 aliphatic carbocycles. The van der Waals surface area contributed by atoms with Crippen LogP contribution in [0, 0.1) is 5.41 Å². The molecule has 0 aliphatic rings. The molecule has 0 saturated heterocycles. The van der Waals surface area contributed by atoms with E-state index in [0.29, 0.717) is 28.3 Å². The van der Waals surface area contributed by atoms with Gasteiger partial charge in [-0.05, 0) is 35.4 Å². The van der Waals surface area contributed by atoms with E-state index in [9.17, 15) is 8.42 Å². The molecule has 0 fully saturated rings. The van der Waals surface area contributed by atoms with Gasteiger partial charge in [0.05, 0.1) is 23.2 Å². The molecule has 3 aromatic carbocycles. The van der Waals surface area contributed by atoms with Crippen LogP contribution in [0.2, 0.25) is 0 Å². The van der Waals surface area contributed by atoms with Crippen LogP contribution in [0.3, 0.4) is 0 Å². The van der Waals surface area contributed by atoms with Gasteiger partial charge in [0, 0.05) is 23.9 Å². The Balaban J connectivity index is 1.62. The quantitative estimate of drug-likeness (QED) is 0.217. The van der Waals surface area contributed by atoms with Crippen molar-refractivity contribution in [3.05, 3.63) is 96.2 Å². The van der Waals surface area contributed by atoms with Crippen LogP contribution < -0.4 is 20.9 Å². The molecule has 9 heteroatoms. The Kier molecular flexibility index (Phi) is 6.81. The Morgan fingerprint density at radius 3 is 2.14 bits per heavy atom. The highest BCUT2D eigenvalue weighted by Crippen LogP contribution is 2.34. The lowest BCUT2D eigenvalue weighted by molar-refractivity contribution is 0.483. The smallest absolute Gasteiger partial charge is 0.209 e. The van der Waals surface area contributed by atoms with E-state index in [4.69, 9.17) is 21.6 Å². The van der Waals surface area contributed by atoms with Gasteiger partial charge >= 0.3 is 0 Å². The van der Waals surface area contributed by atoms with Gasteiger partial charge in [-0.25, -0.2) is 13.1 Å². The Labute approximate surface area is 204 Å². The highest BCUT2D eigenvalue weighted by Gasteiger charge is 2.17. The molecule has 0 saturated carbocycles. The number of pyridine rings is 1. The van der Waals surface area contributed by atoms with Crippen molar-refractivity contribution in [3.63, 3.8) is 0 Å². The lowest BCUT2D eigenvalue weighted by Gasteiger charge is -2.15. The van der Waals surface area contributed by atoms with Crippen molar-refractivity contribution in [2.45, 2.75) is 6.54 Å². The molecule has 8 nitrogen and oxygen atoms in total. The van der Waals surface area contributed by atoms with Gasteiger partial charge in [0.15, 0.2) is 0 Å². The predicted molar refractivity (Wildman–Crippen MR) is 139 cm³/mol. The zero-order valence-electron chi connectivity index (χ0n) is 19.0. The first-order valence-corrected chi connectivity index (χ1v) is 12.6. The molecule has 0 atom stereocenters. The van der Waals surface area contributed by atoms with Crippen molar-refractivity contribution < 1.29 is 13.2 Å². The Bertz CT molecular complexity index is 1450. The van der Waals surface area contributed by atoms with E-state index in [1.807, 2.05) is 54.6 Å². The second kappa shape index (κ2) is 9.96. The molecule has 0 spiro atoms. The van der Waals surface area contributed by atoms with Crippen LogP contribution in [0.25, 0.3) is 22.4 Å². The highest BCUT2D eigenvalue weighted by atomic mass is 32.2. The second-order valence-electron chi connectivity index (χ2n) is 7.95. The maximum Gasteiger partial charge on any atom is 0.209 e. The zero-order chi connectivity index (χ0) is 25.0. The number of nitrogens with two attached hydrogens (primary N) is 2. The van der Waals surface area contributed by atoms with E-state index in [1.54, 1.807) is 30.5 Å². The summed E-state index contributed by atoms with van der Waals surface area (Å²) in [5.41, 5.74) is 16.5. The van der Waals surface area contributed by atoms with E-state index in [2.05, 4.69) is 9.71 Å². The van der Waals surface area contributed by atoms with Crippen molar-refractivity contribution in [1.82, 2.24) is 9.71 Å². The van der Waals surface area contributed by atoms with Crippen molar-refractivity contribution in [3.8, 4) is 33.9 Å². The third kappa shape index (κ3) is 5.84. The van der Waals surface area contributed by atoms with E-state index in [1.165, 1.54) is 0 Å². The van der Waals surface area contributed by atoms with Gasteiger partial charge in [-0.15, -0.1) is 0 Å². The minimum Gasteiger partial charge on any atom is -0.457 e. The number of nitrogen functional groups attached to an aromatic ring is 2. The van der Waals surface area contributed by atoms with Gasteiger partial charge in [0.25, 0.3) is 0 Å². The summed E-state index contributed by atoms with van der Waals surface area (Å²) in [7, 11) is -3.28. The number of amidine groups is 1. The number of aromatic nitrogens is 1. The SMILES string of the molecule is CS(=O)(=O)NCc1ccc(-c2ncc(-c3ccc(Oc4ccccc4)cc3)c(C(=N)N)c2N)cc1. The van der Waals surface area contributed by atoms with Gasteiger partial charge in [-0.3, -0.25) is 10.4 Å². The molecule has 1 heterocycles. The number of nitrogens with zero attached hydrogens (tertiary/aromatic N) is 1. The molecule has 0 amide bonds. The number of nitrogens with one attached hydrogen (secondary N) is 2. The van der Waals surface area contributed by atoms with E-state index in [0.717, 1.165) is 28.7 Å². The fraction of sp³-hybridized carbons (Fsp3) is 0.0769. The number of benzene rings is 3. The Morgan fingerprint density at radius 2 is 1.54 bits per heavy atom. The Hall–Kier alpha value is -4.21. The number of hydrogen-bond donors (Lipinski definition) is 4. The molecule has 0 radical (unpaired) electrons. The molecular formula is C26H25N5O3S. The topological polar surface area (TPSA) is 144 Å². The average Bonchev–Trinajstić information content (AvgIpc) is 2.83. The summed E-state index contributed by atoms with van der Waals surface area (Å²) in [6.07, 6.45) is 2.76. The minimum atomic E-state index is -3.28. The van der Waals surface area contributed by atoms with E-state index >= 15 is 0 Å². The van der Waals surface area contributed by atoms with Crippen molar-refractivity contribution in [2.24, 2.45) is 5.73 Å². The third-order valence-electron chi connectivity index (χ3n) is 5.30. The summed E-state index contributed by atoms with van der Waals surface area (Å²) in [6, 6.07) is 24.1. The number of ether oxygens (including phenoxy) is 1. The molecule has 0 aliphatic heterocycles. The van der Waals surface area contributed by atoms with Crippen LogP contribution in [0.1, 0.15) is 11.1 Å². The summed E-state index contributed by atoms with van der Waals surface area (Å²) in [5.74, 6) is 1.24. The summed E-state index contributed by atoms with van der Waals surface area (Å²) in [6.45, 7) is 0.184. The normalized spacial score (nSPS) is 11.2. The van der Waals surface area contributed by atoms with Gasteiger partial charge in [-0.2, -0.15) is 0 Å². The molecule has 0 bridgehead atoms. The molecular weight excluding hydrogens is 462 g/mol. The van der Waals surface area contributed by atoms with Crippen molar-refractivity contribution in [2.75, 3.05) is 12.0 Å². The standard InChI is InChI=1S/C26H25N5O3S/c1-35(32,33)31-15-17-7-9-19(10-8-17)25-24(27)23(26(28)29)22(16-30-25)18-11-13-21(14-12-18)34-20-5-3-2-4-6-20/h2-14,16,31H,15,27H2,1H3,(H3,28,29). The highest BCUT2D eigenvalue weighted by molar-refractivity contribution is 7.88. The van der Waals surface area contributed by atoms with Crippen molar-refractivity contribution >= 4 is 21.5 Å². The number of anilines is 1. The minimum absolute atomic E-state index is 0.167. The van der Waals surface area contributed by atoms with Gasteiger partial charge in [-0.1, -0.05) is 54.6 Å². The number of para-hydroxylation sites is 1. The number of sulfonamides is 1. The summed E-state index contributed by atoms with van der Waals surface area (Å²) in [4.78, 5) is 4.55. The fourth-order valence-electron chi connectivity index (χ4n) is 3.59. The van der Waals surface area contributed by atoms with Gasteiger partial charge in [0.2, 0.25) is 10.0 Å². The molecule has 4 aromatic rings. The molecule has 4 rings (SSSR count). The molecule has 6 N–H and O–H groups in total. The number of hydrogen-bond acceptors (Lipinski definition) is 6. The summed E-state index contributed by atoms with van der Waals surface area (Å²) >= 11 is 0. The molecule has 35 heavy (non-hydrogen) atoms. The average molecular weight is 488 g/mol. The van der Waals surface area contributed by atoms with Crippen LogP contribution in [0.15, 0.2) is 85.1 Å². The first kappa shape index (κ1) is 23.9. The van der Waals surface area contributed by atoms with Crippen LogP contribution in [-0.2, 0) is 16.6 Å². The molecule has 0 unspecified atom stereocenters. The molecule has 1 aromatic heterocycles. The van der Waals surface area contributed by atoms with Crippen molar-refractivity contribution in [1.29, 1.82) is 5.41 Å². The molecule has 178 valence electrons. The second-order valence-corrected chi connectivity index (χ2v) is 9.79. The van der Waals surface area contributed by atoms with Gasteiger partial charge < -0.3 is 16.2 Å². The predicted octanol–water partition coefficient (Wildman–Crippen LogP) is 4.12. The maximum absolute atomic E-state index is 11.3. The van der Waals surface area contributed by atoms with Gasteiger partial charge in [0.1, 0.15) is 17.3 Å². The lowest BCUT2D eigenvalue weighted by Crippen LogP contribution is -2.21. The Morgan fingerprint density at radius 1 is 0.943 bits per heavy atom.